The van der Waals surface area contributed by atoms with Crippen LogP contribution in [0, 0.1) is 0 Å². The van der Waals surface area contributed by atoms with E-state index < -0.39 is 22.0 Å². The number of rotatable bonds is 6. The third-order valence-electron chi connectivity index (χ3n) is 3.67. The summed E-state index contributed by atoms with van der Waals surface area (Å²) in [6, 6.07) is 5.59. The van der Waals surface area contributed by atoms with Gasteiger partial charge in [0, 0.05) is 18.3 Å². The highest BCUT2D eigenvalue weighted by atomic mass is 32.2. The topological polar surface area (TPSA) is 130 Å². The molecule has 2 rings (SSSR count). The van der Waals surface area contributed by atoms with Gasteiger partial charge in [-0.25, -0.2) is 13.4 Å². The summed E-state index contributed by atoms with van der Waals surface area (Å²) >= 11 is 0. The number of hydrogen-bond donors (Lipinski definition) is 4. The van der Waals surface area contributed by atoms with Gasteiger partial charge in [0.2, 0.25) is 0 Å². The summed E-state index contributed by atoms with van der Waals surface area (Å²) in [4.78, 5) is 20.7. The Morgan fingerprint density at radius 1 is 1.28 bits per heavy atom. The molecular formula is C16H23N5O3S. The number of H-pyrrole nitrogens is 1. The monoisotopic (exact) mass is 365 g/mol. The highest BCUT2D eigenvalue weighted by Crippen LogP contribution is 2.23. The summed E-state index contributed by atoms with van der Waals surface area (Å²) in [5, 5.41) is 0. The zero-order chi connectivity index (χ0) is 18.7. The second kappa shape index (κ2) is 7.34. The zero-order valence-electron chi connectivity index (χ0n) is 14.4. The summed E-state index contributed by atoms with van der Waals surface area (Å²) in [5.74, 6) is -0.635. The van der Waals surface area contributed by atoms with Crippen LogP contribution in [0.3, 0.4) is 0 Å². The normalized spacial score (nSPS) is 13.4. The maximum absolute atomic E-state index is 12.3. The first-order valence-electron chi connectivity index (χ1n) is 7.74. The minimum Gasteiger partial charge on any atom is -0.348 e. The molecule has 1 atom stereocenters. The number of aromatic nitrogens is 2. The second-order valence-electron chi connectivity index (χ2n) is 6.76. The van der Waals surface area contributed by atoms with Gasteiger partial charge in [0.25, 0.3) is 15.9 Å². The molecule has 5 N–H and O–H groups in total. The number of aromatic amines is 1. The molecule has 2 aromatic rings. The first-order chi connectivity index (χ1) is 11.6. The summed E-state index contributed by atoms with van der Waals surface area (Å²) in [5.41, 5.74) is 9.51. The first kappa shape index (κ1) is 19.1. The van der Waals surface area contributed by atoms with Gasteiger partial charge in [-0.3, -0.25) is 10.2 Å². The van der Waals surface area contributed by atoms with Gasteiger partial charge < -0.3 is 10.7 Å². The number of nitrogens with one attached hydrogen (secondary N) is 3. The predicted octanol–water partition coefficient (Wildman–Crippen LogP) is 0.587. The lowest BCUT2D eigenvalue weighted by molar-refractivity contribution is -0.122. The molecular weight excluding hydrogens is 342 g/mol. The van der Waals surface area contributed by atoms with Crippen LogP contribution in [0.2, 0.25) is 0 Å². The molecule has 1 aromatic heterocycles. The standard InChI is InChI=1S/C16H23N5O3S/c1-16(2,3)11-4-6-13(7-5-11)25(23,24)21-20-15(22)14(17)8-12-9-18-10-19-12/h4-7,9-10,14,21H,8,17H2,1-3H3,(H,18,19)(H,20,22)/t14-/m0/s1. The first-order valence-corrected chi connectivity index (χ1v) is 9.23. The van der Waals surface area contributed by atoms with E-state index in [2.05, 4.69) is 20.2 Å². The lowest BCUT2D eigenvalue weighted by Crippen LogP contribution is -2.49. The second-order valence-corrected chi connectivity index (χ2v) is 8.44. The van der Waals surface area contributed by atoms with E-state index in [-0.39, 0.29) is 16.7 Å². The number of imidazole rings is 1. The van der Waals surface area contributed by atoms with Gasteiger partial charge in [0.1, 0.15) is 0 Å². The molecule has 0 aliphatic carbocycles. The van der Waals surface area contributed by atoms with Crippen LogP contribution in [0.25, 0.3) is 0 Å². The van der Waals surface area contributed by atoms with Crippen molar-refractivity contribution in [3.8, 4) is 0 Å². The average molecular weight is 365 g/mol. The van der Waals surface area contributed by atoms with E-state index in [1.807, 2.05) is 20.8 Å². The maximum Gasteiger partial charge on any atom is 0.257 e. The Kier molecular flexibility index (Phi) is 5.61. The Labute approximate surface area is 147 Å². The van der Waals surface area contributed by atoms with Gasteiger partial charge >= 0.3 is 0 Å². The lowest BCUT2D eigenvalue weighted by atomic mass is 9.87. The molecule has 25 heavy (non-hydrogen) atoms. The average Bonchev–Trinajstić information content (AvgIpc) is 3.05. The number of nitrogens with two attached hydrogens (primary N) is 1. The van der Waals surface area contributed by atoms with E-state index in [4.69, 9.17) is 5.73 Å². The van der Waals surface area contributed by atoms with Crippen molar-refractivity contribution in [2.45, 2.75) is 43.5 Å². The molecule has 0 fully saturated rings. The fraction of sp³-hybridized carbons (Fsp3) is 0.375. The van der Waals surface area contributed by atoms with Gasteiger partial charge in [0.15, 0.2) is 0 Å². The predicted molar refractivity (Wildman–Crippen MR) is 93.9 cm³/mol. The van der Waals surface area contributed by atoms with Crippen LogP contribution >= 0.6 is 0 Å². The minimum absolute atomic E-state index is 0.0583. The van der Waals surface area contributed by atoms with Crippen LogP contribution in [0.15, 0.2) is 41.7 Å². The quantitative estimate of drug-likeness (QED) is 0.557. The zero-order valence-corrected chi connectivity index (χ0v) is 15.2. The molecule has 1 amide bonds. The number of carbonyl (C=O) groups excluding carboxylic acids is 1. The highest BCUT2D eigenvalue weighted by Gasteiger charge is 2.20. The maximum atomic E-state index is 12.3. The molecule has 0 saturated carbocycles. The number of hydrogen-bond acceptors (Lipinski definition) is 5. The number of sulfonamides is 1. The van der Waals surface area contributed by atoms with E-state index in [0.29, 0.717) is 5.69 Å². The van der Waals surface area contributed by atoms with Crippen molar-refractivity contribution in [3.05, 3.63) is 48.0 Å². The molecule has 0 saturated heterocycles. The molecule has 9 heteroatoms. The van der Waals surface area contributed by atoms with Crippen LogP contribution < -0.4 is 16.0 Å². The third kappa shape index (κ3) is 5.12. The van der Waals surface area contributed by atoms with E-state index in [0.717, 1.165) is 5.56 Å². The van der Waals surface area contributed by atoms with Gasteiger partial charge in [-0.1, -0.05) is 32.9 Å². The van der Waals surface area contributed by atoms with Crippen molar-refractivity contribution in [3.63, 3.8) is 0 Å². The summed E-state index contributed by atoms with van der Waals surface area (Å²) in [7, 11) is -3.87. The number of hydrazine groups is 1. The molecule has 0 radical (unpaired) electrons. The Balaban J connectivity index is 1.97. The van der Waals surface area contributed by atoms with Crippen LogP contribution in [0.1, 0.15) is 32.0 Å². The van der Waals surface area contributed by atoms with Gasteiger partial charge in [-0.2, -0.15) is 0 Å². The number of carbonyl (C=O) groups is 1. The van der Waals surface area contributed by atoms with E-state index >= 15 is 0 Å². The van der Waals surface area contributed by atoms with Crippen molar-refractivity contribution < 1.29 is 13.2 Å². The Morgan fingerprint density at radius 3 is 2.44 bits per heavy atom. The number of nitrogens with zero attached hydrogens (tertiary/aromatic N) is 1. The molecule has 0 unspecified atom stereocenters. The van der Waals surface area contributed by atoms with Crippen molar-refractivity contribution in [2.75, 3.05) is 0 Å². The third-order valence-corrected chi connectivity index (χ3v) is 4.93. The Morgan fingerprint density at radius 2 is 1.92 bits per heavy atom. The van der Waals surface area contributed by atoms with E-state index in [1.54, 1.807) is 18.3 Å². The van der Waals surface area contributed by atoms with Crippen molar-refractivity contribution in [1.82, 2.24) is 20.2 Å². The van der Waals surface area contributed by atoms with Crippen molar-refractivity contribution >= 4 is 15.9 Å². The molecule has 0 aliphatic rings. The van der Waals surface area contributed by atoms with Crippen LogP contribution in [-0.4, -0.2) is 30.3 Å². The summed E-state index contributed by atoms with van der Waals surface area (Å²) < 4.78 is 24.5. The summed E-state index contributed by atoms with van der Waals surface area (Å²) in [6.45, 7) is 6.11. The number of amides is 1. The summed E-state index contributed by atoms with van der Waals surface area (Å²) in [6.07, 6.45) is 3.24. The minimum atomic E-state index is -3.87. The highest BCUT2D eigenvalue weighted by molar-refractivity contribution is 7.89. The molecule has 0 aliphatic heterocycles. The van der Waals surface area contributed by atoms with Gasteiger partial charge in [-0.05, 0) is 23.1 Å². The van der Waals surface area contributed by atoms with Crippen LogP contribution in [0.4, 0.5) is 0 Å². The Hall–Kier alpha value is -2.23. The molecule has 8 nitrogen and oxygen atoms in total. The van der Waals surface area contributed by atoms with E-state index in [9.17, 15) is 13.2 Å². The van der Waals surface area contributed by atoms with Crippen LogP contribution in [-0.2, 0) is 26.7 Å². The van der Waals surface area contributed by atoms with Gasteiger partial charge in [0.05, 0.1) is 17.3 Å². The largest absolute Gasteiger partial charge is 0.348 e. The van der Waals surface area contributed by atoms with Gasteiger partial charge in [-0.15, -0.1) is 4.83 Å². The van der Waals surface area contributed by atoms with Crippen molar-refractivity contribution in [1.29, 1.82) is 0 Å². The fourth-order valence-electron chi connectivity index (χ4n) is 2.13. The Bertz CT molecular complexity index is 808. The SMILES string of the molecule is CC(C)(C)c1ccc(S(=O)(=O)NNC(=O)[C@@H](N)Cc2cnc[nH]2)cc1. The molecule has 0 bridgehead atoms. The van der Waals surface area contributed by atoms with Crippen LogP contribution in [0.5, 0.6) is 0 Å². The fourth-order valence-corrected chi connectivity index (χ4v) is 2.98. The molecule has 1 heterocycles. The smallest absolute Gasteiger partial charge is 0.257 e. The number of benzene rings is 1. The van der Waals surface area contributed by atoms with E-state index in [1.165, 1.54) is 18.5 Å². The van der Waals surface area contributed by atoms with Crippen molar-refractivity contribution in [2.24, 2.45) is 5.73 Å². The molecule has 136 valence electrons. The lowest BCUT2D eigenvalue weighted by Gasteiger charge is -2.19. The molecule has 1 aromatic carbocycles. The molecule has 0 spiro atoms.